The maximum absolute atomic E-state index is 13.5. The van der Waals surface area contributed by atoms with E-state index < -0.39 is 17.5 Å². The molecule has 2 amide bonds. The summed E-state index contributed by atoms with van der Waals surface area (Å²) < 4.78 is 27.1. The Morgan fingerprint density at radius 2 is 1.62 bits per heavy atom. The van der Waals surface area contributed by atoms with E-state index in [1.165, 1.54) is 6.07 Å². The molecule has 2 aromatic rings. The maximum Gasteiger partial charge on any atom is 0.244 e. The quantitative estimate of drug-likeness (QED) is 0.758. The van der Waals surface area contributed by atoms with Crippen molar-refractivity contribution in [3.05, 3.63) is 70.8 Å². The predicted octanol–water partition coefficient (Wildman–Crippen LogP) is 3.10. The van der Waals surface area contributed by atoms with Gasteiger partial charge in [0.05, 0.1) is 6.54 Å². The number of anilines is 1. The molecule has 2 aromatic carbocycles. The molecule has 0 aromatic heterocycles. The van der Waals surface area contributed by atoms with Gasteiger partial charge in [0, 0.05) is 48.5 Å². The molecular formula is C21H20ClF2N3O2. The Labute approximate surface area is 172 Å². The fraction of sp³-hybridized carbons (Fsp3) is 0.238. The van der Waals surface area contributed by atoms with Crippen molar-refractivity contribution in [3.63, 3.8) is 0 Å². The summed E-state index contributed by atoms with van der Waals surface area (Å²) in [6.45, 7) is 2.24. The fourth-order valence-corrected chi connectivity index (χ4v) is 3.15. The molecule has 1 aliphatic heterocycles. The van der Waals surface area contributed by atoms with Crippen LogP contribution in [0.3, 0.4) is 0 Å². The maximum atomic E-state index is 13.5. The van der Waals surface area contributed by atoms with Crippen LogP contribution in [0.2, 0.25) is 5.02 Å². The second-order valence-corrected chi connectivity index (χ2v) is 6.97. The van der Waals surface area contributed by atoms with E-state index in [9.17, 15) is 18.4 Å². The number of hydrogen-bond acceptors (Lipinski definition) is 3. The lowest BCUT2D eigenvalue weighted by Gasteiger charge is -2.36. The highest BCUT2D eigenvalue weighted by Gasteiger charge is 2.21. The minimum atomic E-state index is -0.760. The number of hydrogen-bond donors (Lipinski definition) is 1. The molecule has 0 atom stereocenters. The van der Waals surface area contributed by atoms with E-state index in [-0.39, 0.29) is 18.0 Å². The van der Waals surface area contributed by atoms with Gasteiger partial charge in [-0.15, -0.1) is 0 Å². The van der Waals surface area contributed by atoms with Crippen molar-refractivity contribution in [2.45, 2.75) is 0 Å². The minimum Gasteiger partial charge on any atom is -0.368 e. The monoisotopic (exact) mass is 419 g/mol. The van der Waals surface area contributed by atoms with Crippen LogP contribution in [0.1, 0.15) is 5.56 Å². The molecule has 8 heteroatoms. The largest absolute Gasteiger partial charge is 0.368 e. The van der Waals surface area contributed by atoms with Gasteiger partial charge in [-0.2, -0.15) is 0 Å². The van der Waals surface area contributed by atoms with Crippen molar-refractivity contribution in [2.24, 2.45) is 0 Å². The molecule has 5 nitrogen and oxygen atoms in total. The van der Waals surface area contributed by atoms with Gasteiger partial charge < -0.3 is 15.1 Å². The van der Waals surface area contributed by atoms with Crippen molar-refractivity contribution in [1.29, 1.82) is 0 Å². The summed E-state index contributed by atoms with van der Waals surface area (Å²) in [5.41, 5.74) is 0.743. The Balaban J connectivity index is 1.45. The first kappa shape index (κ1) is 20.8. The number of piperazine rings is 1. The van der Waals surface area contributed by atoms with E-state index in [4.69, 9.17) is 11.6 Å². The van der Waals surface area contributed by atoms with E-state index >= 15 is 0 Å². The molecule has 0 bridgehead atoms. The second-order valence-electron chi connectivity index (χ2n) is 6.53. The molecule has 3 rings (SSSR count). The molecule has 0 unspecified atom stereocenters. The zero-order chi connectivity index (χ0) is 20.8. The number of halogens is 3. The molecule has 1 aliphatic rings. The van der Waals surface area contributed by atoms with Gasteiger partial charge in [0.15, 0.2) is 0 Å². The lowest BCUT2D eigenvalue weighted by atomic mass is 10.2. The van der Waals surface area contributed by atoms with Gasteiger partial charge >= 0.3 is 0 Å². The van der Waals surface area contributed by atoms with Crippen molar-refractivity contribution in [1.82, 2.24) is 10.2 Å². The Morgan fingerprint density at radius 3 is 2.24 bits per heavy atom. The molecule has 1 N–H and O–H groups in total. The van der Waals surface area contributed by atoms with E-state index in [2.05, 4.69) is 10.2 Å². The van der Waals surface area contributed by atoms with Crippen LogP contribution in [-0.2, 0) is 9.59 Å². The van der Waals surface area contributed by atoms with Gasteiger partial charge in [-0.1, -0.05) is 17.7 Å². The molecule has 29 heavy (non-hydrogen) atoms. The summed E-state index contributed by atoms with van der Waals surface area (Å²) in [5.74, 6) is -2.33. The lowest BCUT2D eigenvalue weighted by molar-refractivity contribution is -0.132. The highest BCUT2D eigenvalue weighted by molar-refractivity contribution is 6.30. The smallest absolute Gasteiger partial charge is 0.244 e. The summed E-state index contributed by atoms with van der Waals surface area (Å²) in [6, 6.07) is 11.0. The molecule has 0 aliphatic carbocycles. The molecule has 0 saturated carbocycles. The van der Waals surface area contributed by atoms with Gasteiger partial charge in [-0.25, -0.2) is 8.78 Å². The van der Waals surface area contributed by atoms with Gasteiger partial charge in [-0.3, -0.25) is 9.59 Å². The summed E-state index contributed by atoms with van der Waals surface area (Å²) in [6.07, 6.45) is 2.06. The minimum absolute atomic E-state index is 0.177. The average Bonchev–Trinajstić information content (AvgIpc) is 2.72. The van der Waals surface area contributed by atoms with Crippen LogP contribution < -0.4 is 10.2 Å². The first-order valence-electron chi connectivity index (χ1n) is 9.12. The Hall–Kier alpha value is -2.93. The number of nitrogens with one attached hydrogen (secondary N) is 1. The fourth-order valence-electron chi connectivity index (χ4n) is 3.03. The van der Waals surface area contributed by atoms with Crippen LogP contribution in [0.25, 0.3) is 6.08 Å². The van der Waals surface area contributed by atoms with E-state index in [0.29, 0.717) is 31.2 Å². The van der Waals surface area contributed by atoms with E-state index in [1.54, 1.807) is 4.90 Å². The standard InChI is InChI=1S/C21H20ClF2N3O2/c22-15-4-6-16(7-5-15)26-10-12-27(13-11-26)21(29)14-25-20(28)9-8-17-18(23)2-1-3-19(17)24/h1-9H,10-14H2,(H,25,28)/b9-8+. The van der Waals surface area contributed by atoms with Crippen LogP contribution in [0.5, 0.6) is 0 Å². The third-order valence-electron chi connectivity index (χ3n) is 4.64. The van der Waals surface area contributed by atoms with Crippen molar-refractivity contribution >= 4 is 35.2 Å². The summed E-state index contributed by atoms with van der Waals surface area (Å²) in [7, 11) is 0. The first-order chi connectivity index (χ1) is 13.9. The van der Waals surface area contributed by atoms with Crippen molar-refractivity contribution in [2.75, 3.05) is 37.6 Å². The van der Waals surface area contributed by atoms with Gasteiger partial charge in [0.25, 0.3) is 0 Å². The normalized spacial score (nSPS) is 14.3. The van der Waals surface area contributed by atoms with Gasteiger partial charge in [0.2, 0.25) is 11.8 Å². The third kappa shape index (κ3) is 5.54. The Bertz CT molecular complexity index is 890. The molecule has 1 saturated heterocycles. The summed E-state index contributed by atoms with van der Waals surface area (Å²) >= 11 is 5.90. The molecule has 1 heterocycles. The van der Waals surface area contributed by atoms with Crippen molar-refractivity contribution in [3.8, 4) is 0 Å². The number of amides is 2. The zero-order valence-corrected chi connectivity index (χ0v) is 16.3. The predicted molar refractivity (Wildman–Crippen MR) is 109 cm³/mol. The number of carbonyl (C=O) groups excluding carboxylic acids is 2. The highest BCUT2D eigenvalue weighted by atomic mass is 35.5. The first-order valence-corrected chi connectivity index (χ1v) is 9.50. The van der Waals surface area contributed by atoms with Gasteiger partial charge in [-0.05, 0) is 42.5 Å². The molecular weight excluding hydrogens is 400 g/mol. The molecule has 0 spiro atoms. The second kappa shape index (κ2) is 9.52. The van der Waals surface area contributed by atoms with Gasteiger partial charge in [0.1, 0.15) is 11.6 Å². The number of nitrogens with zero attached hydrogens (tertiary/aromatic N) is 2. The Kier molecular flexibility index (Phi) is 6.82. The van der Waals surface area contributed by atoms with Crippen LogP contribution in [0.4, 0.5) is 14.5 Å². The molecule has 1 fully saturated rings. The lowest BCUT2D eigenvalue weighted by Crippen LogP contribution is -2.51. The summed E-state index contributed by atoms with van der Waals surface area (Å²) in [5, 5.41) is 3.12. The molecule has 0 radical (unpaired) electrons. The third-order valence-corrected chi connectivity index (χ3v) is 4.89. The van der Waals surface area contributed by atoms with Crippen LogP contribution >= 0.6 is 11.6 Å². The zero-order valence-electron chi connectivity index (χ0n) is 15.6. The molecule has 152 valence electrons. The van der Waals surface area contributed by atoms with Crippen molar-refractivity contribution < 1.29 is 18.4 Å². The average molecular weight is 420 g/mol. The van der Waals surface area contributed by atoms with E-state index in [1.807, 2.05) is 24.3 Å². The highest BCUT2D eigenvalue weighted by Crippen LogP contribution is 2.19. The topological polar surface area (TPSA) is 52.7 Å². The number of benzene rings is 2. The Morgan fingerprint density at radius 1 is 1.00 bits per heavy atom. The van der Waals surface area contributed by atoms with Crippen LogP contribution in [-0.4, -0.2) is 49.4 Å². The number of carbonyl (C=O) groups is 2. The summed E-state index contributed by atoms with van der Waals surface area (Å²) in [4.78, 5) is 28.0. The SMILES string of the molecule is O=C(/C=C/c1c(F)cccc1F)NCC(=O)N1CCN(c2ccc(Cl)cc2)CC1. The van der Waals surface area contributed by atoms with Crippen LogP contribution in [0.15, 0.2) is 48.5 Å². The van der Waals surface area contributed by atoms with E-state index in [0.717, 1.165) is 30.0 Å². The van der Waals surface area contributed by atoms with Crippen LogP contribution in [0, 0.1) is 11.6 Å². The number of rotatable bonds is 5.